The highest BCUT2D eigenvalue weighted by Crippen LogP contribution is 2.20. The summed E-state index contributed by atoms with van der Waals surface area (Å²) < 4.78 is 3.55. The van der Waals surface area contributed by atoms with E-state index in [1.807, 2.05) is 12.5 Å². The van der Waals surface area contributed by atoms with Gasteiger partial charge in [0, 0.05) is 30.8 Å². The lowest BCUT2D eigenvalue weighted by molar-refractivity contribution is -0.121. The van der Waals surface area contributed by atoms with Crippen molar-refractivity contribution in [3.05, 3.63) is 30.9 Å². The predicted molar refractivity (Wildman–Crippen MR) is 58.4 cm³/mol. The first-order valence-electron chi connectivity index (χ1n) is 5.47. The van der Waals surface area contributed by atoms with Crippen molar-refractivity contribution in [3.8, 4) is 0 Å². The van der Waals surface area contributed by atoms with E-state index in [1.54, 1.807) is 0 Å². The Hall–Kier alpha value is -2.18. The zero-order valence-corrected chi connectivity index (χ0v) is 9.15. The van der Waals surface area contributed by atoms with Gasteiger partial charge in [-0.25, -0.2) is 9.66 Å². The van der Waals surface area contributed by atoms with Crippen LogP contribution in [0.1, 0.15) is 12.1 Å². The average molecular weight is 232 g/mol. The molecule has 1 aliphatic rings. The van der Waals surface area contributed by atoms with Crippen molar-refractivity contribution in [3.63, 3.8) is 0 Å². The summed E-state index contributed by atoms with van der Waals surface area (Å²) in [4.78, 5) is 16.1. The summed E-state index contributed by atoms with van der Waals surface area (Å²) in [5, 5.41) is 7.26. The van der Waals surface area contributed by atoms with Gasteiger partial charge in [-0.3, -0.25) is 10.2 Å². The van der Waals surface area contributed by atoms with Crippen molar-refractivity contribution in [1.29, 1.82) is 0 Å². The second-order valence-electron chi connectivity index (χ2n) is 4.11. The van der Waals surface area contributed by atoms with E-state index >= 15 is 0 Å². The third-order valence-corrected chi connectivity index (χ3v) is 3.00. The molecule has 1 atom stereocenters. The number of nitrogens with zero attached hydrogens (tertiary/aromatic N) is 5. The summed E-state index contributed by atoms with van der Waals surface area (Å²) in [7, 11) is 0. The number of aromatic nitrogens is 5. The Balaban J connectivity index is 1.68. The van der Waals surface area contributed by atoms with Gasteiger partial charge in [-0.15, -0.1) is 10.2 Å². The van der Waals surface area contributed by atoms with Crippen LogP contribution in [0.15, 0.2) is 25.2 Å². The lowest BCUT2D eigenvalue weighted by Crippen LogP contribution is -2.33. The number of carbonyl (C=O) groups excluding carboxylic acids is 1. The molecule has 0 saturated carbocycles. The van der Waals surface area contributed by atoms with E-state index in [9.17, 15) is 4.79 Å². The molecule has 0 spiro atoms. The van der Waals surface area contributed by atoms with Gasteiger partial charge in [0.25, 0.3) is 0 Å². The van der Waals surface area contributed by atoms with E-state index in [0.29, 0.717) is 0 Å². The van der Waals surface area contributed by atoms with Gasteiger partial charge in [0.05, 0.1) is 6.33 Å². The Bertz CT molecular complexity index is 517. The Kier molecular flexibility index (Phi) is 2.36. The Morgan fingerprint density at radius 2 is 2.18 bits per heavy atom. The van der Waals surface area contributed by atoms with Crippen LogP contribution in [0, 0.1) is 5.92 Å². The maximum absolute atomic E-state index is 12.0. The van der Waals surface area contributed by atoms with E-state index in [2.05, 4.69) is 25.2 Å². The molecule has 1 N–H and O–H groups in total. The summed E-state index contributed by atoms with van der Waals surface area (Å²) in [5.41, 5.74) is 3.85. The van der Waals surface area contributed by atoms with Gasteiger partial charge in [-0.05, 0) is 6.42 Å². The second kappa shape index (κ2) is 4.00. The minimum Gasteiger partial charge on any atom is -0.335 e. The summed E-state index contributed by atoms with van der Waals surface area (Å²) in [6.07, 6.45) is 8.11. The summed E-state index contributed by atoms with van der Waals surface area (Å²) in [5.74, 6) is -0.0150. The number of aryl methyl sites for hydroxylation is 1. The highest BCUT2D eigenvalue weighted by molar-refractivity contribution is 5.86. The predicted octanol–water partition coefficient (Wildman–Crippen LogP) is -0.193. The zero-order valence-electron chi connectivity index (χ0n) is 9.15. The van der Waals surface area contributed by atoms with Crippen LogP contribution >= 0.6 is 0 Å². The molecule has 1 aliphatic heterocycles. The van der Waals surface area contributed by atoms with Gasteiger partial charge in [0.15, 0.2) is 0 Å². The van der Waals surface area contributed by atoms with E-state index in [1.165, 1.54) is 17.3 Å². The van der Waals surface area contributed by atoms with Crippen LogP contribution in [-0.2, 0) is 17.8 Å². The van der Waals surface area contributed by atoms with Crippen LogP contribution in [-0.4, -0.2) is 30.3 Å². The van der Waals surface area contributed by atoms with Crippen molar-refractivity contribution in [1.82, 2.24) is 24.4 Å². The smallest absolute Gasteiger partial charge is 0.242 e. The van der Waals surface area contributed by atoms with E-state index in [-0.39, 0.29) is 11.8 Å². The quantitative estimate of drug-likeness (QED) is 0.778. The molecule has 2 aromatic rings. The van der Waals surface area contributed by atoms with E-state index in [0.717, 1.165) is 25.1 Å². The van der Waals surface area contributed by atoms with Crippen LogP contribution in [0.2, 0.25) is 0 Å². The number of carbonyl (C=O) groups is 1. The topological polar surface area (TPSA) is 77.6 Å². The molecule has 1 amide bonds. The van der Waals surface area contributed by atoms with Gasteiger partial charge >= 0.3 is 0 Å². The minimum absolute atomic E-state index is 0.00255. The van der Waals surface area contributed by atoms with E-state index < -0.39 is 0 Å². The van der Waals surface area contributed by atoms with Crippen molar-refractivity contribution < 1.29 is 4.79 Å². The first-order chi connectivity index (χ1) is 8.33. The molecule has 7 heteroatoms. The molecular formula is C10H12N6O. The number of imidazole rings is 1. The standard InChI is InChI=1S/C10H12N6O/c17-10(14-16-6-12-13-7-16)8-1-2-15-5-11-4-9(15)3-8/h4-8H,1-3H2,(H,14,17). The Morgan fingerprint density at radius 3 is 3.00 bits per heavy atom. The number of rotatable bonds is 2. The fourth-order valence-corrected chi connectivity index (χ4v) is 2.07. The summed E-state index contributed by atoms with van der Waals surface area (Å²) >= 11 is 0. The molecule has 17 heavy (non-hydrogen) atoms. The highest BCUT2D eigenvalue weighted by Gasteiger charge is 2.24. The van der Waals surface area contributed by atoms with Crippen LogP contribution < -0.4 is 5.43 Å². The molecule has 0 aromatic carbocycles. The Labute approximate surface area is 97.5 Å². The normalized spacial score (nSPS) is 18.7. The second-order valence-corrected chi connectivity index (χ2v) is 4.11. The lowest BCUT2D eigenvalue weighted by Gasteiger charge is -2.22. The number of nitrogens with one attached hydrogen (secondary N) is 1. The molecule has 2 aromatic heterocycles. The molecule has 0 radical (unpaired) electrons. The third kappa shape index (κ3) is 1.91. The third-order valence-electron chi connectivity index (χ3n) is 3.00. The first kappa shape index (κ1) is 10.0. The molecule has 0 fully saturated rings. The van der Waals surface area contributed by atoms with Crippen LogP contribution in [0.3, 0.4) is 0 Å². The lowest BCUT2D eigenvalue weighted by atomic mass is 9.96. The molecule has 0 bridgehead atoms. The SMILES string of the molecule is O=C(Nn1cnnc1)C1CCn2cncc2C1. The monoisotopic (exact) mass is 232 g/mol. The molecule has 7 nitrogen and oxygen atoms in total. The minimum atomic E-state index is -0.0124. The van der Waals surface area contributed by atoms with E-state index in [4.69, 9.17) is 0 Å². The zero-order chi connectivity index (χ0) is 11.7. The van der Waals surface area contributed by atoms with Crippen molar-refractivity contribution in [2.75, 3.05) is 5.43 Å². The van der Waals surface area contributed by atoms with Crippen molar-refractivity contribution in [2.45, 2.75) is 19.4 Å². The number of amides is 1. The number of hydrogen-bond acceptors (Lipinski definition) is 4. The molecule has 1 unspecified atom stereocenters. The molecule has 88 valence electrons. The van der Waals surface area contributed by atoms with Gasteiger partial charge in [0.2, 0.25) is 5.91 Å². The summed E-state index contributed by atoms with van der Waals surface area (Å²) in [6.45, 7) is 0.843. The molecule has 3 heterocycles. The highest BCUT2D eigenvalue weighted by atomic mass is 16.2. The first-order valence-corrected chi connectivity index (χ1v) is 5.47. The van der Waals surface area contributed by atoms with Gasteiger partial charge in [-0.1, -0.05) is 0 Å². The molecule has 0 aliphatic carbocycles. The molecular weight excluding hydrogens is 220 g/mol. The van der Waals surface area contributed by atoms with Gasteiger partial charge in [-0.2, -0.15) is 0 Å². The summed E-state index contributed by atoms with van der Waals surface area (Å²) in [6, 6.07) is 0. The molecule has 3 rings (SSSR count). The number of hydrogen-bond donors (Lipinski definition) is 1. The Morgan fingerprint density at radius 1 is 1.35 bits per heavy atom. The largest absolute Gasteiger partial charge is 0.335 e. The van der Waals surface area contributed by atoms with Crippen molar-refractivity contribution in [2.24, 2.45) is 5.92 Å². The van der Waals surface area contributed by atoms with Gasteiger partial charge < -0.3 is 4.57 Å². The van der Waals surface area contributed by atoms with Crippen LogP contribution in [0.4, 0.5) is 0 Å². The van der Waals surface area contributed by atoms with Gasteiger partial charge in [0.1, 0.15) is 12.7 Å². The maximum Gasteiger partial charge on any atom is 0.242 e. The van der Waals surface area contributed by atoms with Crippen LogP contribution in [0.25, 0.3) is 0 Å². The van der Waals surface area contributed by atoms with Crippen molar-refractivity contribution >= 4 is 5.91 Å². The fraction of sp³-hybridized carbons (Fsp3) is 0.400. The number of fused-ring (bicyclic) bond motifs is 1. The average Bonchev–Trinajstić information content (AvgIpc) is 2.97. The maximum atomic E-state index is 12.0. The molecule has 0 saturated heterocycles. The van der Waals surface area contributed by atoms with Crippen LogP contribution in [0.5, 0.6) is 0 Å². The fourth-order valence-electron chi connectivity index (χ4n) is 2.07.